The molecule has 0 aliphatic carbocycles. The molecule has 94 valence electrons. The monoisotopic (exact) mass is 263 g/mol. The van der Waals surface area contributed by atoms with Crippen LogP contribution in [0.4, 0.5) is 0 Å². The Balaban J connectivity index is 2.12. The molecule has 0 aliphatic heterocycles. The number of benzene rings is 1. The van der Waals surface area contributed by atoms with Gasteiger partial charge in [-0.25, -0.2) is 0 Å². The van der Waals surface area contributed by atoms with Gasteiger partial charge in [-0.15, -0.1) is 0 Å². The second-order valence-electron chi connectivity index (χ2n) is 3.94. The van der Waals surface area contributed by atoms with Gasteiger partial charge in [0, 0.05) is 24.3 Å². The number of nitrogens with zero attached hydrogens (tertiary/aromatic N) is 2. The van der Waals surface area contributed by atoms with Crippen molar-refractivity contribution in [2.75, 3.05) is 6.54 Å². The number of nitrogens with one attached hydrogen (secondary N) is 1. The fourth-order valence-electron chi connectivity index (χ4n) is 1.73. The molecular weight excluding hydrogens is 250 g/mol. The number of amides is 1. The van der Waals surface area contributed by atoms with E-state index in [2.05, 4.69) is 10.2 Å². The summed E-state index contributed by atoms with van der Waals surface area (Å²) in [5, 5.41) is 7.11. The van der Waals surface area contributed by atoms with E-state index in [9.17, 15) is 4.79 Å². The van der Waals surface area contributed by atoms with Crippen LogP contribution in [0.15, 0.2) is 36.7 Å². The van der Waals surface area contributed by atoms with E-state index in [1.807, 2.05) is 31.2 Å². The van der Waals surface area contributed by atoms with E-state index in [1.165, 1.54) is 6.20 Å². The van der Waals surface area contributed by atoms with Crippen LogP contribution in [-0.2, 0) is 6.54 Å². The average Bonchev–Trinajstić information content (AvgIpc) is 2.89. The topological polar surface area (TPSA) is 49.0 Å². The molecule has 1 heterocycles. The minimum atomic E-state index is -0.0359. The van der Waals surface area contributed by atoms with Gasteiger partial charge in [0.2, 0.25) is 0 Å². The van der Waals surface area contributed by atoms with Gasteiger partial charge in [-0.3, -0.25) is 9.89 Å². The molecule has 4 nitrogen and oxygen atoms in total. The molecule has 18 heavy (non-hydrogen) atoms. The number of carbonyl (C=O) groups excluding carboxylic acids is 1. The van der Waals surface area contributed by atoms with Crippen LogP contribution >= 0.6 is 11.6 Å². The first-order chi connectivity index (χ1) is 8.70. The van der Waals surface area contributed by atoms with Crippen molar-refractivity contribution in [2.24, 2.45) is 0 Å². The van der Waals surface area contributed by atoms with E-state index in [0.29, 0.717) is 23.7 Å². The van der Waals surface area contributed by atoms with Gasteiger partial charge in [0.25, 0.3) is 5.91 Å². The lowest BCUT2D eigenvalue weighted by Gasteiger charge is -2.20. The molecule has 0 saturated carbocycles. The van der Waals surface area contributed by atoms with Crippen LogP contribution < -0.4 is 0 Å². The molecule has 1 aromatic carbocycles. The molecule has 0 spiro atoms. The van der Waals surface area contributed by atoms with Crippen molar-refractivity contribution in [1.82, 2.24) is 15.1 Å². The molecule has 0 aliphatic rings. The molecule has 5 heteroatoms. The minimum absolute atomic E-state index is 0.0359. The smallest absolute Gasteiger partial charge is 0.257 e. The van der Waals surface area contributed by atoms with Crippen molar-refractivity contribution in [3.63, 3.8) is 0 Å². The highest BCUT2D eigenvalue weighted by atomic mass is 35.5. The highest BCUT2D eigenvalue weighted by molar-refractivity contribution is 6.30. The van der Waals surface area contributed by atoms with Crippen molar-refractivity contribution in [2.45, 2.75) is 13.5 Å². The Kier molecular flexibility index (Phi) is 3.99. The summed E-state index contributed by atoms with van der Waals surface area (Å²) in [6.45, 7) is 3.13. The Hall–Kier alpha value is -1.81. The fourth-order valence-corrected chi connectivity index (χ4v) is 1.95. The summed E-state index contributed by atoms with van der Waals surface area (Å²) in [7, 11) is 0. The Morgan fingerprint density at radius 3 is 2.94 bits per heavy atom. The second kappa shape index (κ2) is 5.69. The molecule has 2 rings (SSSR count). The maximum atomic E-state index is 12.2. The van der Waals surface area contributed by atoms with Crippen LogP contribution in [0, 0.1) is 0 Å². The number of aromatic nitrogens is 2. The van der Waals surface area contributed by atoms with E-state index in [-0.39, 0.29) is 5.91 Å². The Labute approximate surface area is 111 Å². The van der Waals surface area contributed by atoms with Crippen LogP contribution in [0.25, 0.3) is 0 Å². The summed E-state index contributed by atoms with van der Waals surface area (Å²) in [4.78, 5) is 13.9. The number of aromatic amines is 1. The number of rotatable bonds is 4. The number of hydrogen-bond acceptors (Lipinski definition) is 2. The number of hydrogen-bond donors (Lipinski definition) is 1. The van der Waals surface area contributed by atoms with Gasteiger partial charge < -0.3 is 4.90 Å². The summed E-state index contributed by atoms with van der Waals surface area (Å²) in [5.74, 6) is -0.0359. The van der Waals surface area contributed by atoms with Crippen LogP contribution in [-0.4, -0.2) is 27.5 Å². The van der Waals surface area contributed by atoms with Gasteiger partial charge in [-0.1, -0.05) is 23.7 Å². The normalized spacial score (nSPS) is 10.3. The van der Waals surface area contributed by atoms with Gasteiger partial charge in [0.1, 0.15) is 0 Å². The van der Waals surface area contributed by atoms with Crippen molar-refractivity contribution < 1.29 is 4.79 Å². The van der Waals surface area contributed by atoms with Gasteiger partial charge in [0.15, 0.2) is 0 Å². The predicted molar refractivity (Wildman–Crippen MR) is 70.5 cm³/mol. The van der Waals surface area contributed by atoms with Crippen molar-refractivity contribution >= 4 is 17.5 Å². The number of carbonyl (C=O) groups is 1. The third-order valence-corrected chi connectivity index (χ3v) is 2.91. The Morgan fingerprint density at radius 2 is 2.33 bits per heavy atom. The maximum absolute atomic E-state index is 12.2. The van der Waals surface area contributed by atoms with Crippen molar-refractivity contribution in [1.29, 1.82) is 0 Å². The third kappa shape index (κ3) is 2.90. The zero-order chi connectivity index (χ0) is 13.0. The van der Waals surface area contributed by atoms with E-state index in [4.69, 9.17) is 11.6 Å². The lowest BCUT2D eigenvalue weighted by Crippen LogP contribution is -2.30. The lowest BCUT2D eigenvalue weighted by atomic mass is 10.2. The molecule has 0 bridgehead atoms. The molecule has 0 atom stereocenters. The molecular formula is C13H14ClN3O. The van der Waals surface area contributed by atoms with E-state index in [1.54, 1.807) is 11.1 Å². The molecule has 0 saturated heterocycles. The second-order valence-corrected chi connectivity index (χ2v) is 4.37. The third-order valence-electron chi connectivity index (χ3n) is 2.68. The lowest BCUT2D eigenvalue weighted by molar-refractivity contribution is 0.0752. The molecule has 2 aromatic rings. The van der Waals surface area contributed by atoms with E-state index in [0.717, 1.165) is 5.56 Å². The summed E-state index contributed by atoms with van der Waals surface area (Å²) in [6.07, 6.45) is 3.13. The predicted octanol–water partition coefficient (Wildman–Crippen LogP) is 2.73. The fraction of sp³-hybridized carbons (Fsp3) is 0.231. The first-order valence-electron chi connectivity index (χ1n) is 5.73. The quantitative estimate of drug-likeness (QED) is 0.922. The largest absolute Gasteiger partial charge is 0.335 e. The highest BCUT2D eigenvalue weighted by Gasteiger charge is 2.15. The zero-order valence-electron chi connectivity index (χ0n) is 10.1. The summed E-state index contributed by atoms with van der Waals surface area (Å²) < 4.78 is 0. The standard InChI is InChI=1S/C13H14ClN3O/c1-2-17(13(18)11-7-15-16-8-11)9-10-4-3-5-12(14)6-10/h3-8H,2,9H2,1H3,(H,15,16). The summed E-state index contributed by atoms with van der Waals surface area (Å²) >= 11 is 5.93. The van der Waals surface area contributed by atoms with Gasteiger partial charge in [0.05, 0.1) is 11.8 Å². The van der Waals surface area contributed by atoms with Gasteiger partial charge >= 0.3 is 0 Å². The van der Waals surface area contributed by atoms with E-state index >= 15 is 0 Å². The van der Waals surface area contributed by atoms with Crippen molar-refractivity contribution in [3.8, 4) is 0 Å². The van der Waals surface area contributed by atoms with Crippen LogP contribution in [0.3, 0.4) is 0 Å². The van der Waals surface area contributed by atoms with E-state index < -0.39 is 0 Å². The molecule has 0 radical (unpaired) electrons. The highest BCUT2D eigenvalue weighted by Crippen LogP contribution is 2.14. The number of H-pyrrole nitrogens is 1. The molecule has 1 N–H and O–H groups in total. The summed E-state index contributed by atoms with van der Waals surface area (Å²) in [6, 6.07) is 7.52. The zero-order valence-corrected chi connectivity index (χ0v) is 10.8. The molecule has 1 amide bonds. The SMILES string of the molecule is CCN(Cc1cccc(Cl)c1)C(=O)c1cn[nH]c1. The maximum Gasteiger partial charge on any atom is 0.257 e. The molecule has 1 aromatic heterocycles. The summed E-state index contributed by atoms with van der Waals surface area (Å²) in [5.41, 5.74) is 1.58. The van der Waals surface area contributed by atoms with Crippen LogP contribution in [0.1, 0.15) is 22.8 Å². The first-order valence-corrected chi connectivity index (χ1v) is 6.11. The molecule has 0 unspecified atom stereocenters. The van der Waals surface area contributed by atoms with Crippen LogP contribution in [0.2, 0.25) is 5.02 Å². The van der Waals surface area contributed by atoms with Crippen molar-refractivity contribution in [3.05, 3.63) is 52.8 Å². The van der Waals surface area contributed by atoms with Gasteiger partial charge in [-0.2, -0.15) is 5.10 Å². The minimum Gasteiger partial charge on any atom is -0.335 e. The number of halogens is 1. The Morgan fingerprint density at radius 1 is 1.50 bits per heavy atom. The average molecular weight is 264 g/mol. The Bertz CT molecular complexity index is 525. The molecule has 0 fully saturated rings. The first kappa shape index (κ1) is 12.6. The van der Waals surface area contributed by atoms with Gasteiger partial charge in [-0.05, 0) is 24.6 Å². The van der Waals surface area contributed by atoms with Crippen LogP contribution in [0.5, 0.6) is 0 Å².